The predicted molar refractivity (Wildman–Crippen MR) is 133 cm³/mol. The Morgan fingerprint density at radius 1 is 1.07 bits per heavy atom. The molecule has 2 aliphatic heterocycles. The van der Waals surface area contributed by atoms with Crippen LogP contribution in [0, 0.1) is 12.7 Å². The van der Waals surface area contributed by atoms with Gasteiger partial charge in [-0.05, 0) is 38.0 Å². The summed E-state index contributed by atoms with van der Waals surface area (Å²) in [5.74, 6) is -0.635. The van der Waals surface area contributed by atoms with Gasteiger partial charge < -0.3 is 19.5 Å². The van der Waals surface area contributed by atoms with Crippen molar-refractivity contribution in [2.24, 2.45) is 0 Å². The van der Waals surface area contributed by atoms with Crippen molar-refractivity contribution in [3.05, 3.63) is 35.9 Å². The van der Waals surface area contributed by atoms with E-state index in [2.05, 4.69) is 20.0 Å². The molecule has 18 heteroatoms. The van der Waals surface area contributed by atoms with E-state index in [1.54, 1.807) is 6.92 Å². The second-order valence-electron chi connectivity index (χ2n) is 10.5. The van der Waals surface area contributed by atoms with Crippen LogP contribution in [0.5, 0.6) is 5.88 Å². The molecule has 2 atom stereocenters. The molecular weight excluding hydrogens is 617 g/mol. The number of rotatable bonds is 7. The molecule has 2 saturated heterocycles. The van der Waals surface area contributed by atoms with Crippen molar-refractivity contribution in [2.75, 3.05) is 18.5 Å². The number of hydrogen-bond donors (Lipinski definition) is 1. The second kappa shape index (κ2) is 11.3. The molecule has 1 N–H and O–H groups in total. The van der Waals surface area contributed by atoms with Crippen molar-refractivity contribution in [1.82, 2.24) is 14.9 Å². The summed E-state index contributed by atoms with van der Waals surface area (Å²) in [6.45, 7) is 1.22. The average molecular weight is 643 g/mol. The first-order chi connectivity index (χ1) is 20.1. The van der Waals surface area contributed by atoms with Gasteiger partial charge in [-0.3, -0.25) is 4.90 Å². The Balaban J connectivity index is 1.27. The highest BCUT2D eigenvalue weighted by atomic mass is 32.2. The first kappa shape index (κ1) is 31.0. The molecule has 3 heterocycles. The molecule has 3 fully saturated rings. The molecule has 10 nitrogen and oxygen atoms in total. The molecule has 43 heavy (non-hydrogen) atoms. The highest BCUT2D eigenvalue weighted by molar-refractivity contribution is 7.92. The van der Waals surface area contributed by atoms with Gasteiger partial charge in [-0.1, -0.05) is 0 Å². The van der Waals surface area contributed by atoms with Crippen LogP contribution < -0.4 is 10.1 Å². The lowest BCUT2D eigenvalue weighted by Crippen LogP contribution is -2.62. The van der Waals surface area contributed by atoms with Crippen LogP contribution in [0.2, 0.25) is 0 Å². The third kappa shape index (κ3) is 6.58. The van der Waals surface area contributed by atoms with Crippen molar-refractivity contribution in [3.8, 4) is 5.88 Å². The van der Waals surface area contributed by atoms with Gasteiger partial charge in [0.1, 0.15) is 24.1 Å². The third-order valence-electron chi connectivity index (χ3n) is 7.30. The van der Waals surface area contributed by atoms with Gasteiger partial charge in [-0.2, -0.15) is 26.3 Å². The number of halogens is 7. The van der Waals surface area contributed by atoms with Gasteiger partial charge in [0, 0.05) is 12.8 Å². The Hall–Kier alpha value is -3.41. The SMILES string of the molecule is Cc1c(Nc2ccc(S(=O)(=O)C3CC3)cc2F)ncnc1OC1CC2COCC(C1)N2C(=O)OC(C(F)(F)F)C(F)(F)F. The number of nitrogens with one attached hydrogen (secondary N) is 1. The molecule has 1 saturated carbocycles. The Morgan fingerprint density at radius 2 is 1.70 bits per heavy atom. The Labute approximate surface area is 240 Å². The fraction of sp³-hybridized carbons (Fsp3) is 0.560. The van der Waals surface area contributed by atoms with Gasteiger partial charge in [0.15, 0.2) is 9.84 Å². The number of fused-ring (bicyclic) bond motifs is 2. The zero-order valence-corrected chi connectivity index (χ0v) is 23.1. The average Bonchev–Trinajstić information content (AvgIpc) is 3.75. The molecule has 1 amide bonds. The van der Waals surface area contributed by atoms with Gasteiger partial charge in [0.25, 0.3) is 6.10 Å². The van der Waals surface area contributed by atoms with E-state index in [0.29, 0.717) is 18.4 Å². The lowest BCUT2D eigenvalue weighted by Gasteiger charge is -2.47. The minimum absolute atomic E-state index is 0.0218. The Bertz CT molecular complexity index is 1460. The molecule has 2 aromatic rings. The van der Waals surface area contributed by atoms with Crippen LogP contribution >= 0.6 is 0 Å². The zero-order chi connectivity index (χ0) is 31.3. The van der Waals surface area contributed by atoms with Gasteiger partial charge in [-0.25, -0.2) is 27.6 Å². The first-order valence-electron chi connectivity index (χ1n) is 13.0. The second-order valence-corrected chi connectivity index (χ2v) is 12.7. The van der Waals surface area contributed by atoms with E-state index in [4.69, 9.17) is 9.47 Å². The van der Waals surface area contributed by atoms with Crippen LogP contribution in [0.15, 0.2) is 29.4 Å². The minimum Gasteiger partial charge on any atom is -0.474 e. The number of carbonyl (C=O) groups is 1. The summed E-state index contributed by atoms with van der Waals surface area (Å²) in [5.41, 5.74) is 0.273. The standard InChI is InChI=1S/C25H25F7N4O6S/c1-12-20(35-19-5-4-17(8-18(19)26)43(38,39)16-2-3-16)33-11-34-21(12)41-15-6-13-9-40-10-14(7-15)36(13)23(37)42-22(24(27,28)29)25(30,31)32/h4-5,8,11,13-16,22H,2-3,6-7,9-10H2,1H3,(H,33,34,35). The molecule has 2 bridgehead atoms. The van der Waals surface area contributed by atoms with Crippen LogP contribution in [0.25, 0.3) is 0 Å². The maximum Gasteiger partial charge on any atom is 0.434 e. The molecule has 0 radical (unpaired) electrons. The van der Waals surface area contributed by atoms with Gasteiger partial charge in [0.05, 0.1) is 46.7 Å². The van der Waals surface area contributed by atoms with Gasteiger partial charge in [-0.15, -0.1) is 0 Å². The number of amides is 1. The number of aromatic nitrogens is 2. The number of anilines is 2. The largest absolute Gasteiger partial charge is 0.474 e. The Morgan fingerprint density at radius 3 is 2.26 bits per heavy atom. The maximum atomic E-state index is 14.8. The maximum absolute atomic E-state index is 14.8. The molecule has 1 aliphatic carbocycles. The monoisotopic (exact) mass is 642 g/mol. The summed E-state index contributed by atoms with van der Waals surface area (Å²) in [7, 11) is -3.60. The Kier molecular flexibility index (Phi) is 8.12. The summed E-state index contributed by atoms with van der Waals surface area (Å²) in [4.78, 5) is 21.4. The predicted octanol–water partition coefficient (Wildman–Crippen LogP) is 4.84. The van der Waals surface area contributed by atoms with E-state index in [-0.39, 0.29) is 48.3 Å². The highest BCUT2D eigenvalue weighted by Crippen LogP contribution is 2.39. The van der Waals surface area contributed by atoms with Crippen LogP contribution in [-0.2, 0) is 19.3 Å². The van der Waals surface area contributed by atoms with E-state index in [1.807, 2.05) is 0 Å². The number of nitrogens with zero attached hydrogens (tertiary/aromatic N) is 3. The van der Waals surface area contributed by atoms with Crippen molar-refractivity contribution >= 4 is 27.4 Å². The number of carbonyl (C=O) groups excluding carboxylic acids is 1. The molecule has 0 spiro atoms. The van der Waals surface area contributed by atoms with Crippen LogP contribution in [0.3, 0.4) is 0 Å². The number of morpholine rings is 1. The highest BCUT2D eigenvalue weighted by Gasteiger charge is 2.61. The smallest absolute Gasteiger partial charge is 0.434 e. The molecule has 1 aromatic heterocycles. The van der Waals surface area contributed by atoms with Gasteiger partial charge in [0.2, 0.25) is 5.88 Å². The zero-order valence-electron chi connectivity index (χ0n) is 22.3. The van der Waals surface area contributed by atoms with E-state index < -0.39 is 63.6 Å². The molecule has 5 rings (SSSR count). The minimum atomic E-state index is -5.85. The van der Waals surface area contributed by atoms with Crippen molar-refractivity contribution in [1.29, 1.82) is 0 Å². The van der Waals surface area contributed by atoms with Crippen molar-refractivity contribution in [2.45, 2.75) is 79.4 Å². The number of benzene rings is 1. The lowest BCUT2D eigenvalue weighted by atomic mass is 9.92. The number of alkyl halides is 6. The van der Waals surface area contributed by atoms with E-state index in [1.165, 1.54) is 12.1 Å². The fourth-order valence-electron chi connectivity index (χ4n) is 5.05. The molecule has 2 unspecified atom stereocenters. The van der Waals surface area contributed by atoms with E-state index in [9.17, 15) is 43.9 Å². The number of sulfone groups is 1. The summed E-state index contributed by atoms with van der Waals surface area (Å²) in [6, 6.07) is 1.61. The number of piperidine rings is 1. The molecule has 3 aliphatic rings. The van der Waals surface area contributed by atoms with Crippen LogP contribution in [-0.4, -0.2) is 84.5 Å². The van der Waals surface area contributed by atoms with Crippen LogP contribution in [0.1, 0.15) is 31.2 Å². The van der Waals surface area contributed by atoms with Crippen molar-refractivity contribution < 1.29 is 58.2 Å². The normalized spacial score (nSPS) is 22.8. The number of ether oxygens (including phenoxy) is 3. The molecule has 236 valence electrons. The van der Waals surface area contributed by atoms with E-state index >= 15 is 0 Å². The summed E-state index contributed by atoms with van der Waals surface area (Å²) >= 11 is 0. The quantitative estimate of drug-likeness (QED) is 0.423. The summed E-state index contributed by atoms with van der Waals surface area (Å²) < 4.78 is 133. The summed E-state index contributed by atoms with van der Waals surface area (Å²) in [6.07, 6.45) is -16.3. The van der Waals surface area contributed by atoms with Crippen LogP contribution in [0.4, 0.5) is 47.0 Å². The van der Waals surface area contributed by atoms with E-state index in [0.717, 1.165) is 17.3 Å². The molecular formula is C25H25F7N4O6S. The summed E-state index contributed by atoms with van der Waals surface area (Å²) in [5, 5.41) is 2.27. The van der Waals surface area contributed by atoms with Crippen molar-refractivity contribution in [3.63, 3.8) is 0 Å². The number of hydrogen-bond acceptors (Lipinski definition) is 9. The lowest BCUT2D eigenvalue weighted by molar-refractivity contribution is -0.309. The van der Waals surface area contributed by atoms with Gasteiger partial charge >= 0.3 is 18.4 Å². The first-order valence-corrected chi connectivity index (χ1v) is 14.6. The molecule has 1 aromatic carbocycles. The third-order valence-corrected chi connectivity index (χ3v) is 9.56. The topological polar surface area (TPSA) is 120 Å². The fourth-order valence-corrected chi connectivity index (χ4v) is 6.72.